The van der Waals surface area contributed by atoms with E-state index in [0.29, 0.717) is 12.0 Å². The van der Waals surface area contributed by atoms with E-state index in [1.54, 1.807) is 30.3 Å². The standard InChI is InChI=1S/C20H27N3O4/c1-4-6-10-14(5-2)18(25)20(27)22-13-16(24)23-17(19(26)21-3)15-11-8-7-9-12-15/h5,7-9,11-12,14,17H,2,4,6,10,13H2,1,3H3,(H,21,26)(H,22,27)(H,23,24). The minimum atomic E-state index is -0.887. The summed E-state index contributed by atoms with van der Waals surface area (Å²) in [4.78, 5) is 48.3. The molecule has 0 aliphatic rings. The Morgan fingerprint density at radius 3 is 2.37 bits per heavy atom. The van der Waals surface area contributed by atoms with Crippen LogP contribution in [-0.2, 0) is 19.2 Å². The van der Waals surface area contributed by atoms with Crippen LogP contribution in [0.15, 0.2) is 43.0 Å². The fourth-order valence-electron chi connectivity index (χ4n) is 2.50. The zero-order valence-electron chi connectivity index (χ0n) is 15.8. The molecular weight excluding hydrogens is 346 g/mol. The molecule has 0 aliphatic carbocycles. The molecule has 0 saturated heterocycles. The average molecular weight is 373 g/mol. The topological polar surface area (TPSA) is 104 Å². The fraction of sp³-hybridized carbons (Fsp3) is 0.400. The van der Waals surface area contributed by atoms with E-state index in [1.807, 2.05) is 6.92 Å². The van der Waals surface area contributed by atoms with E-state index in [4.69, 9.17) is 0 Å². The molecule has 146 valence electrons. The maximum absolute atomic E-state index is 12.1. The van der Waals surface area contributed by atoms with Gasteiger partial charge < -0.3 is 16.0 Å². The van der Waals surface area contributed by atoms with E-state index in [1.165, 1.54) is 13.1 Å². The molecule has 7 nitrogen and oxygen atoms in total. The average Bonchev–Trinajstić information content (AvgIpc) is 2.70. The number of rotatable bonds is 11. The number of Topliss-reactive ketones (excluding diaryl/α,β-unsaturated/α-hetero) is 1. The molecule has 0 saturated carbocycles. The molecule has 27 heavy (non-hydrogen) atoms. The second-order valence-electron chi connectivity index (χ2n) is 6.06. The van der Waals surface area contributed by atoms with Crippen molar-refractivity contribution in [1.29, 1.82) is 0 Å². The van der Waals surface area contributed by atoms with Gasteiger partial charge in [0.15, 0.2) is 0 Å². The second kappa shape index (κ2) is 11.6. The molecule has 2 atom stereocenters. The van der Waals surface area contributed by atoms with Crippen LogP contribution in [0.4, 0.5) is 0 Å². The Bertz CT molecular complexity index is 673. The Labute approximate surface area is 159 Å². The number of likely N-dealkylation sites (N-methyl/N-ethyl adjacent to an activating group) is 1. The van der Waals surface area contributed by atoms with E-state index < -0.39 is 36.1 Å². The first kappa shape index (κ1) is 22.1. The van der Waals surface area contributed by atoms with E-state index in [-0.39, 0.29) is 5.91 Å². The number of carbonyl (C=O) groups excluding carboxylic acids is 4. The van der Waals surface area contributed by atoms with Crippen molar-refractivity contribution in [2.24, 2.45) is 5.92 Å². The van der Waals surface area contributed by atoms with Gasteiger partial charge in [-0.2, -0.15) is 0 Å². The SMILES string of the molecule is C=CC(CCCC)C(=O)C(=O)NCC(=O)NC(C(=O)NC)c1ccccc1. The molecule has 1 rings (SSSR count). The minimum Gasteiger partial charge on any atom is -0.357 e. The number of benzene rings is 1. The van der Waals surface area contributed by atoms with E-state index >= 15 is 0 Å². The van der Waals surface area contributed by atoms with Gasteiger partial charge in [-0.1, -0.05) is 56.2 Å². The summed E-state index contributed by atoms with van der Waals surface area (Å²) in [5.74, 6) is -2.96. The molecule has 0 aliphatic heterocycles. The number of allylic oxidation sites excluding steroid dienone is 1. The van der Waals surface area contributed by atoms with E-state index in [2.05, 4.69) is 22.5 Å². The van der Waals surface area contributed by atoms with Crippen LogP contribution >= 0.6 is 0 Å². The molecule has 3 amide bonds. The molecule has 2 unspecified atom stereocenters. The van der Waals surface area contributed by atoms with Crippen molar-refractivity contribution in [3.8, 4) is 0 Å². The van der Waals surface area contributed by atoms with Crippen molar-refractivity contribution < 1.29 is 19.2 Å². The van der Waals surface area contributed by atoms with E-state index in [0.717, 1.165) is 12.8 Å². The summed E-state index contributed by atoms with van der Waals surface area (Å²) >= 11 is 0. The summed E-state index contributed by atoms with van der Waals surface area (Å²) < 4.78 is 0. The van der Waals surface area contributed by atoms with Gasteiger partial charge in [0.2, 0.25) is 17.6 Å². The van der Waals surface area contributed by atoms with Gasteiger partial charge in [-0.15, -0.1) is 6.58 Å². The number of nitrogens with one attached hydrogen (secondary N) is 3. The molecule has 1 aromatic carbocycles. The van der Waals surface area contributed by atoms with Crippen LogP contribution in [0.25, 0.3) is 0 Å². The van der Waals surface area contributed by atoms with E-state index in [9.17, 15) is 19.2 Å². The number of amides is 3. The molecule has 0 fully saturated rings. The van der Waals surface area contributed by atoms with Gasteiger partial charge in [-0.3, -0.25) is 19.2 Å². The van der Waals surface area contributed by atoms with Gasteiger partial charge >= 0.3 is 0 Å². The van der Waals surface area contributed by atoms with Crippen molar-refractivity contribution in [1.82, 2.24) is 16.0 Å². The lowest BCUT2D eigenvalue weighted by atomic mass is 9.97. The predicted molar refractivity (Wildman–Crippen MR) is 103 cm³/mol. The quantitative estimate of drug-likeness (QED) is 0.401. The van der Waals surface area contributed by atoms with Gasteiger partial charge in [0, 0.05) is 13.0 Å². The second-order valence-corrected chi connectivity index (χ2v) is 6.06. The zero-order chi connectivity index (χ0) is 20.2. The highest BCUT2D eigenvalue weighted by Gasteiger charge is 2.24. The molecule has 0 aromatic heterocycles. The fourth-order valence-corrected chi connectivity index (χ4v) is 2.50. The third-order valence-corrected chi connectivity index (χ3v) is 4.07. The summed E-state index contributed by atoms with van der Waals surface area (Å²) in [6.07, 6.45) is 3.71. The van der Waals surface area contributed by atoms with Crippen LogP contribution in [0.5, 0.6) is 0 Å². The monoisotopic (exact) mass is 373 g/mol. The van der Waals surface area contributed by atoms with Crippen LogP contribution in [0.2, 0.25) is 0 Å². The summed E-state index contributed by atoms with van der Waals surface area (Å²) in [5, 5.41) is 7.35. The summed E-state index contributed by atoms with van der Waals surface area (Å²) in [7, 11) is 1.47. The molecule has 0 heterocycles. The van der Waals surface area contributed by atoms with Crippen LogP contribution in [-0.4, -0.2) is 37.1 Å². The van der Waals surface area contributed by atoms with Crippen molar-refractivity contribution >= 4 is 23.5 Å². The highest BCUT2D eigenvalue weighted by atomic mass is 16.2. The van der Waals surface area contributed by atoms with Crippen LogP contribution in [0, 0.1) is 5.92 Å². The molecular formula is C20H27N3O4. The number of hydrogen-bond donors (Lipinski definition) is 3. The summed E-state index contributed by atoms with van der Waals surface area (Å²) in [6, 6.07) is 7.84. The highest BCUT2D eigenvalue weighted by Crippen LogP contribution is 2.13. The lowest BCUT2D eigenvalue weighted by Gasteiger charge is -2.18. The number of hydrogen-bond acceptors (Lipinski definition) is 4. The summed E-state index contributed by atoms with van der Waals surface area (Å²) in [6.45, 7) is 5.18. The Morgan fingerprint density at radius 2 is 1.81 bits per heavy atom. The predicted octanol–water partition coefficient (Wildman–Crippen LogP) is 1.27. The number of unbranched alkanes of at least 4 members (excludes halogenated alkanes) is 1. The smallest absolute Gasteiger partial charge is 0.288 e. The van der Waals surface area contributed by atoms with Crippen molar-refractivity contribution in [3.63, 3.8) is 0 Å². The first-order chi connectivity index (χ1) is 12.9. The Kier molecular flexibility index (Phi) is 9.50. The highest BCUT2D eigenvalue weighted by molar-refractivity contribution is 6.37. The Morgan fingerprint density at radius 1 is 1.15 bits per heavy atom. The third-order valence-electron chi connectivity index (χ3n) is 4.07. The first-order valence-electron chi connectivity index (χ1n) is 8.95. The lowest BCUT2D eigenvalue weighted by molar-refractivity contribution is -0.140. The maximum atomic E-state index is 12.1. The van der Waals surface area contributed by atoms with Crippen molar-refractivity contribution in [2.75, 3.05) is 13.6 Å². The number of carbonyl (C=O) groups is 4. The first-order valence-corrected chi connectivity index (χ1v) is 8.95. The Hall–Kier alpha value is -2.96. The van der Waals surface area contributed by atoms with Crippen LogP contribution < -0.4 is 16.0 Å². The summed E-state index contributed by atoms with van der Waals surface area (Å²) in [5.41, 5.74) is 0.610. The molecule has 0 bridgehead atoms. The third kappa shape index (κ3) is 7.05. The minimum absolute atomic E-state index is 0.386. The molecule has 0 spiro atoms. The van der Waals surface area contributed by atoms with Crippen molar-refractivity contribution in [2.45, 2.75) is 32.2 Å². The lowest BCUT2D eigenvalue weighted by Crippen LogP contribution is -2.45. The largest absolute Gasteiger partial charge is 0.357 e. The molecule has 7 heteroatoms. The number of ketones is 1. The molecule has 3 N–H and O–H groups in total. The van der Waals surface area contributed by atoms with Gasteiger partial charge in [0.1, 0.15) is 6.04 Å². The van der Waals surface area contributed by atoms with Crippen LogP contribution in [0.1, 0.15) is 37.8 Å². The Balaban J connectivity index is 2.64. The molecule has 0 radical (unpaired) electrons. The van der Waals surface area contributed by atoms with Crippen LogP contribution in [0.3, 0.4) is 0 Å². The van der Waals surface area contributed by atoms with Gasteiger partial charge in [0.05, 0.1) is 6.54 Å². The molecule has 1 aromatic rings. The van der Waals surface area contributed by atoms with Gasteiger partial charge in [0.25, 0.3) is 5.91 Å². The zero-order valence-corrected chi connectivity index (χ0v) is 15.8. The maximum Gasteiger partial charge on any atom is 0.288 e. The van der Waals surface area contributed by atoms with Crippen molar-refractivity contribution in [3.05, 3.63) is 48.6 Å². The van der Waals surface area contributed by atoms with Gasteiger partial charge in [-0.05, 0) is 12.0 Å². The normalized spacial score (nSPS) is 12.4. The van der Waals surface area contributed by atoms with Gasteiger partial charge in [-0.25, -0.2) is 0 Å².